The van der Waals surface area contributed by atoms with E-state index in [0.717, 1.165) is 5.66 Å². The zero-order chi connectivity index (χ0) is 7.11. The van der Waals surface area contributed by atoms with Crippen LogP contribution < -0.4 is 0 Å². The second-order valence-corrected chi connectivity index (χ2v) is 3.34. The van der Waals surface area contributed by atoms with Crippen LogP contribution in [-0.4, -0.2) is 10.8 Å². The van der Waals surface area contributed by atoms with Gasteiger partial charge in [-0.15, -0.1) is 9.24 Å². The van der Waals surface area contributed by atoms with E-state index in [2.05, 4.69) is 14.4 Å². The fourth-order valence-corrected chi connectivity index (χ4v) is 1.61. The molecule has 2 heteroatoms. The molecule has 0 N–H and O–H groups in total. The second-order valence-electron chi connectivity index (χ2n) is 2.40. The maximum atomic E-state index is 4.43. The average Bonchev–Trinajstić information content (AvgIpc) is 1.94. The van der Waals surface area contributed by atoms with Gasteiger partial charge in [0.2, 0.25) is 0 Å². The molecule has 1 atom stereocenters. The van der Waals surface area contributed by atoms with Crippen molar-refractivity contribution in [2.24, 2.45) is 0 Å². The molecule has 0 spiro atoms. The molecule has 1 radical (unpaired) electrons. The van der Waals surface area contributed by atoms with Crippen LogP contribution in [0.4, 0.5) is 0 Å². The van der Waals surface area contributed by atoms with Crippen LogP contribution in [-0.2, 0) is 17.9 Å². The third-order valence-electron chi connectivity index (χ3n) is 1.65. The van der Waals surface area contributed by atoms with Crippen LogP contribution in [0.2, 0.25) is 0 Å². The Kier molecular flexibility index (Phi) is 13.4. The summed E-state index contributed by atoms with van der Waals surface area (Å²) in [7, 11) is 2.91. The summed E-state index contributed by atoms with van der Waals surface area (Å²) in [5.74, 6) is 0. The van der Waals surface area contributed by atoms with Crippen molar-refractivity contribution >= 4 is 14.4 Å². The normalized spacial score (nSPS) is 18.1. The molecule has 0 aliphatic heterocycles. The quantitative estimate of drug-likeness (QED) is 0.349. The summed E-state index contributed by atoms with van der Waals surface area (Å²) in [5.41, 5.74) is 0.953. The van der Waals surface area contributed by atoms with E-state index in [1.165, 1.54) is 32.1 Å². The molecule has 0 nitrogen and oxygen atoms in total. The molecule has 0 saturated heterocycles. The molecule has 0 aromatic rings. The van der Waals surface area contributed by atoms with Crippen molar-refractivity contribution in [3.63, 3.8) is 0 Å². The van der Waals surface area contributed by atoms with E-state index in [1.807, 2.05) is 17.9 Å². The molecule has 1 saturated carbocycles. The molecule has 62 valence electrons. The number of hydrogen-bond acceptors (Lipinski definition) is 0. The Bertz CT molecular complexity index is 60.3. The van der Waals surface area contributed by atoms with Crippen molar-refractivity contribution in [3.05, 3.63) is 7.43 Å². The molecule has 0 heterocycles. The van der Waals surface area contributed by atoms with Gasteiger partial charge in [0, 0.05) is 0 Å². The van der Waals surface area contributed by atoms with E-state index in [9.17, 15) is 0 Å². The van der Waals surface area contributed by atoms with E-state index in [4.69, 9.17) is 0 Å². The molecular weight excluding hydrogens is 228 g/mol. The van der Waals surface area contributed by atoms with Crippen LogP contribution in [0.5, 0.6) is 0 Å². The molecule has 0 amide bonds. The van der Waals surface area contributed by atoms with E-state index in [1.54, 1.807) is 0 Å². The Balaban J connectivity index is 0. The van der Waals surface area contributed by atoms with E-state index in [0.29, 0.717) is 0 Å². The molecular formula is C8H17PRu. The van der Waals surface area contributed by atoms with E-state index < -0.39 is 0 Å². The van der Waals surface area contributed by atoms with Crippen LogP contribution in [0.15, 0.2) is 0 Å². The van der Waals surface area contributed by atoms with Gasteiger partial charge in [-0.2, -0.15) is 0 Å². The Hall–Kier alpha value is 0.923. The van der Waals surface area contributed by atoms with E-state index in [-0.39, 0.29) is 7.43 Å². The van der Waals surface area contributed by atoms with Gasteiger partial charge in [-0.05, 0) is 18.5 Å². The first-order valence-corrected chi connectivity index (χ1v) is 5.02. The van der Waals surface area contributed by atoms with Crippen LogP contribution in [0.1, 0.15) is 32.1 Å². The predicted molar refractivity (Wildman–Crippen MR) is 49.1 cm³/mol. The Labute approximate surface area is 77.6 Å². The first-order chi connectivity index (χ1) is 4.39. The van der Waals surface area contributed by atoms with Crippen LogP contribution >= 0.6 is 9.24 Å². The van der Waals surface area contributed by atoms with Crippen LogP contribution in [0, 0.1) is 7.43 Å². The third-order valence-corrected chi connectivity index (χ3v) is 2.32. The van der Waals surface area contributed by atoms with Gasteiger partial charge in [0.05, 0.1) is 0 Å². The van der Waals surface area contributed by atoms with Crippen LogP contribution in [0.3, 0.4) is 0 Å². The zero-order valence-corrected chi connectivity index (χ0v) is 9.51. The van der Waals surface area contributed by atoms with Gasteiger partial charge in [0.15, 0.2) is 0 Å². The Morgan fingerprint density at radius 2 is 1.50 bits per heavy atom. The second kappa shape index (κ2) is 9.92. The molecule has 1 fully saturated rings. The van der Waals surface area contributed by atoms with Crippen molar-refractivity contribution in [2.45, 2.75) is 37.8 Å². The summed E-state index contributed by atoms with van der Waals surface area (Å²) in [4.78, 5) is 0. The first-order valence-electron chi connectivity index (χ1n) is 3.35. The van der Waals surface area contributed by atoms with Crippen molar-refractivity contribution < 1.29 is 17.9 Å². The standard InChI is InChI=1S/C6H13P.CH3.CH.Ru/c7-6-4-2-1-3-5-6;;;/h6H,1-5,7H2;1H3;1H;/q;-1;;+1. The average molecular weight is 245 g/mol. The van der Waals surface area contributed by atoms with Crippen molar-refractivity contribution in [2.75, 3.05) is 0 Å². The maximum absolute atomic E-state index is 4.43. The fourth-order valence-electron chi connectivity index (χ4n) is 1.13. The van der Waals surface area contributed by atoms with Gasteiger partial charge < -0.3 is 7.43 Å². The summed E-state index contributed by atoms with van der Waals surface area (Å²) in [6.07, 6.45) is 7.31. The SMILES string of the molecule is PC1CCCCC1.[CH3-].[CH]=[Ru+]. The first kappa shape index (κ1) is 13.5. The van der Waals surface area contributed by atoms with Gasteiger partial charge in [-0.3, -0.25) is 0 Å². The molecule has 1 rings (SSSR count). The summed E-state index contributed by atoms with van der Waals surface area (Å²) >= 11 is 1.85. The molecule has 1 aliphatic rings. The van der Waals surface area contributed by atoms with Gasteiger partial charge in [0.25, 0.3) is 0 Å². The van der Waals surface area contributed by atoms with Crippen LogP contribution in [0.25, 0.3) is 0 Å². The number of hydrogen-bond donors (Lipinski definition) is 0. The fraction of sp³-hybridized carbons (Fsp3) is 0.750. The summed E-state index contributed by atoms with van der Waals surface area (Å²) in [6, 6.07) is 0. The topological polar surface area (TPSA) is 0 Å². The zero-order valence-electron chi connectivity index (χ0n) is 6.62. The van der Waals surface area contributed by atoms with E-state index >= 15 is 0 Å². The monoisotopic (exact) mass is 246 g/mol. The van der Waals surface area contributed by atoms with Gasteiger partial charge >= 0.3 is 23.0 Å². The molecule has 1 unspecified atom stereocenters. The number of rotatable bonds is 0. The van der Waals surface area contributed by atoms with Crippen molar-refractivity contribution in [3.8, 4) is 0 Å². The summed E-state index contributed by atoms with van der Waals surface area (Å²) < 4.78 is 0. The molecule has 0 aromatic heterocycles. The van der Waals surface area contributed by atoms with Gasteiger partial charge in [-0.1, -0.05) is 19.3 Å². The molecule has 1 aliphatic carbocycles. The molecule has 0 bridgehead atoms. The van der Waals surface area contributed by atoms with Gasteiger partial charge in [0.1, 0.15) is 0 Å². The minimum atomic E-state index is 0. The Morgan fingerprint density at radius 3 is 1.70 bits per heavy atom. The third kappa shape index (κ3) is 7.04. The predicted octanol–water partition coefficient (Wildman–Crippen LogP) is 2.49. The van der Waals surface area contributed by atoms with Crippen molar-refractivity contribution in [1.82, 2.24) is 0 Å². The van der Waals surface area contributed by atoms with Gasteiger partial charge in [-0.25, -0.2) is 0 Å². The summed E-state index contributed by atoms with van der Waals surface area (Å²) in [5, 5.41) is 4.43. The molecule has 0 aromatic carbocycles. The minimum absolute atomic E-state index is 0. The van der Waals surface area contributed by atoms with Crippen molar-refractivity contribution in [1.29, 1.82) is 0 Å². The molecule has 10 heavy (non-hydrogen) atoms. The summed E-state index contributed by atoms with van der Waals surface area (Å²) in [6.45, 7) is 0. The Morgan fingerprint density at radius 1 is 1.10 bits per heavy atom.